The van der Waals surface area contributed by atoms with Gasteiger partial charge in [0.2, 0.25) is 5.88 Å². The normalized spacial score (nSPS) is 14.4. The van der Waals surface area contributed by atoms with E-state index in [9.17, 15) is 5.11 Å². The molecule has 0 amide bonds. The van der Waals surface area contributed by atoms with Crippen molar-refractivity contribution in [2.24, 2.45) is 0 Å². The highest BCUT2D eigenvalue weighted by Crippen LogP contribution is 2.28. The number of methoxy groups -OCH3 is 1. The molecule has 96 valence electrons. The van der Waals surface area contributed by atoms with Crippen molar-refractivity contribution < 1.29 is 9.84 Å². The van der Waals surface area contributed by atoms with Crippen molar-refractivity contribution >= 4 is 0 Å². The molecule has 1 unspecified atom stereocenters. The van der Waals surface area contributed by atoms with Crippen molar-refractivity contribution in [3.05, 3.63) is 18.1 Å². The fourth-order valence-electron chi connectivity index (χ4n) is 1.60. The predicted octanol–water partition coefficient (Wildman–Crippen LogP) is 1.08. The summed E-state index contributed by atoms with van der Waals surface area (Å²) in [6.07, 6.45) is 4.76. The van der Waals surface area contributed by atoms with Crippen LogP contribution in [0.15, 0.2) is 12.4 Å². The van der Waals surface area contributed by atoms with Gasteiger partial charge in [0.25, 0.3) is 0 Å². The van der Waals surface area contributed by atoms with Crippen LogP contribution in [0.25, 0.3) is 0 Å². The highest BCUT2D eigenvalue weighted by atomic mass is 16.5. The van der Waals surface area contributed by atoms with E-state index >= 15 is 0 Å². The molecule has 1 atom stereocenters. The topological polar surface area (TPSA) is 67.3 Å². The number of rotatable bonds is 7. The summed E-state index contributed by atoms with van der Waals surface area (Å²) in [4.78, 5) is 8.20. The predicted molar refractivity (Wildman–Crippen MR) is 65.9 cm³/mol. The Labute approximate surface area is 102 Å². The van der Waals surface area contributed by atoms with Gasteiger partial charge in [-0.25, -0.2) is 4.98 Å². The Morgan fingerprint density at radius 1 is 1.35 bits per heavy atom. The quantitative estimate of drug-likeness (QED) is 0.697. The molecule has 5 heteroatoms. The first-order valence-electron chi connectivity index (χ1n) is 5.90. The molecule has 0 saturated heterocycles. The maximum Gasteiger partial charge on any atom is 0.238 e. The Bertz CT molecular complexity index is 342. The van der Waals surface area contributed by atoms with Gasteiger partial charge in [-0.1, -0.05) is 6.92 Å². The molecule has 1 aromatic heterocycles. The van der Waals surface area contributed by atoms with Crippen LogP contribution < -0.4 is 10.1 Å². The zero-order valence-corrected chi connectivity index (χ0v) is 10.7. The maximum atomic E-state index is 10.4. The molecule has 0 saturated carbocycles. The van der Waals surface area contributed by atoms with Crippen molar-refractivity contribution in [1.82, 2.24) is 15.3 Å². The fourth-order valence-corrected chi connectivity index (χ4v) is 1.60. The molecule has 17 heavy (non-hydrogen) atoms. The van der Waals surface area contributed by atoms with Crippen LogP contribution in [0, 0.1) is 0 Å². The maximum absolute atomic E-state index is 10.4. The second kappa shape index (κ2) is 6.51. The average molecular weight is 239 g/mol. The summed E-state index contributed by atoms with van der Waals surface area (Å²) in [5.74, 6) is 0.382. The van der Waals surface area contributed by atoms with Crippen LogP contribution in [0.5, 0.6) is 5.88 Å². The second-order valence-corrected chi connectivity index (χ2v) is 4.19. The minimum atomic E-state index is -1.03. The van der Waals surface area contributed by atoms with Gasteiger partial charge >= 0.3 is 0 Å². The van der Waals surface area contributed by atoms with E-state index in [0.29, 0.717) is 18.0 Å². The monoisotopic (exact) mass is 239 g/mol. The summed E-state index contributed by atoms with van der Waals surface area (Å²) in [5, 5.41) is 13.6. The lowest BCUT2D eigenvalue weighted by atomic mass is 9.98. The summed E-state index contributed by atoms with van der Waals surface area (Å²) in [7, 11) is 1.53. The van der Waals surface area contributed by atoms with Gasteiger partial charge in [-0.2, -0.15) is 0 Å². The number of hydrogen-bond acceptors (Lipinski definition) is 5. The Balaban J connectivity index is 2.67. The Kier molecular flexibility index (Phi) is 5.31. The van der Waals surface area contributed by atoms with Gasteiger partial charge in [-0.3, -0.25) is 4.98 Å². The lowest BCUT2D eigenvalue weighted by molar-refractivity contribution is 0.0402. The third kappa shape index (κ3) is 3.94. The summed E-state index contributed by atoms with van der Waals surface area (Å²) in [6, 6.07) is 0. The lowest BCUT2D eigenvalue weighted by Gasteiger charge is -2.23. The summed E-state index contributed by atoms with van der Waals surface area (Å²) in [5.41, 5.74) is -0.541. The van der Waals surface area contributed by atoms with E-state index in [-0.39, 0.29) is 0 Å². The Hall–Kier alpha value is -1.20. The van der Waals surface area contributed by atoms with E-state index in [1.165, 1.54) is 7.11 Å². The van der Waals surface area contributed by atoms with Crippen molar-refractivity contribution in [1.29, 1.82) is 0 Å². The molecule has 0 aromatic carbocycles. The number of ether oxygens (including phenoxy) is 1. The first-order valence-corrected chi connectivity index (χ1v) is 5.90. The van der Waals surface area contributed by atoms with E-state index in [1.54, 1.807) is 19.3 Å². The van der Waals surface area contributed by atoms with E-state index in [4.69, 9.17) is 4.74 Å². The average Bonchev–Trinajstić information content (AvgIpc) is 2.34. The van der Waals surface area contributed by atoms with Crippen LogP contribution in [0.1, 0.15) is 32.4 Å². The summed E-state index contributed by atoms with van der Waals surface area (Å²) >= 11 is 0. The van der Waals surface area contributed by atoms with Gasteiger partial charge in [0.15, 0.2) is 0 Å². The SMILES string of the molecule is CCCNCCC(C)(O)c1nccnc1OC. The minimum absolute atomic E-state index is 0.382. The van der Waals surface area contributed by atoms with Crippen LogP contribution in [0.3, 0.4) is 0 Å². The molecule has 0 aliphatic rings. The molecule has 0 radical (unpaired) electrons. The Morgan fingerprint density at radius 2 is 2.06 bits per heavy atom. The molecule has 0 fully saturated rings. The number of aliphatic hydroxyl groups is 1. The molecule has 2 N–H and O–H groups in total. The zero-order valence-electron chi connectivity index (χ0n) is 10.7. The van der Waals surface area contributed by atoms with Gasteiger partial charge in [-0.05, 0) is 32.9 Å². The fraction of sp³-hybridized carbons (Fsp3) is 0.667. The largest absolute Gasteiger partial charge is 0.480 e. The van der Waals surface area contributed by atoms with Crippen LogP contribution in [0.4, 0.5) is 0 Å². The molecular weight excluding hydrogens is 218 g/mol. The first-order chi connectivity index (χ1) is 8.11. The molecule has 1 heterocycles. The minimum Gasteiger partial charge on any atom is -0.480 e. The molecule has 5 nitrogen and oxygen atoms in total. The molecule has 1 aromatic rings. The van der Waals surface area contributed by atoms with Crippen molar-refractivity contribution in [3.8, 4) is 5.88 Å². The third-order valence-corrected chi connectivity index (χ3v) is 2.58. The van der Waals surface area contributed by atoms with Gasteiger partial charge in [0.05, 0.1) is 7.11 Å². The molecule has 0 aliphatic heterocycles. The van der Waals surface area contributed by atoms with Crippen LogP contribution in [-0.2, 0) is 5.60 Å². The lowest BCUT2D eigenvalue weighted by Crippen LogP contribution is -2.29. The highest BCUT2D eigenvalue weighted by Gasteiger charge is 2.28. The number of hydrogen-bond donors (Lipinski definition) is 2. The van der Waals surface area contributed by atoms with Gasteiger partial charge < -0.3 is 15.2 Å². The number of aromatic nitrogens is 2. The smallest absolute Gasteiger partial charge is 0.238 e. The van der Waals surface area contributed by atoms with Crippen LogP contribution in [-0.4, -0.2) is 35.3 Å². The molecule has 0 bridgehead atoms. The number of nitrogens with zero attached hydrogens (tertiary/aromatic N) is 2. The second-order valence-electron chi connectivity index (χ2n) is 4.19. The molecule has 0 aliphatic carbocycles. The van der Waals surface area contributed by atoms with Crippen LogP contribution >= 0.6 is 0 Å². The van der Waals surface area contributed by atoms with E-state index in [0.717, 1.165) is 19.5 Å². The van der Waals surface area contributed by atoms with E-state index in [2.05, 4.69) is 22.2 Å². The van der Waals surface area contributed by atoms with Crippen LogP contribution in [0.2, 0.25) is 0 Å². The first kappa shape index (κ1) is 13.9. The van der Waals surface area contributed by atoms with Gasteiger partial charge in [-0.15, -0.1) is 0 Å². The van der Waals surface area contributed by atoms with Gasteiger partial charge in [0.1, 0.15) is 11.3 Å². The summed E-state index contributed by atoms with van der Waals surface area (Å²) in [6.45, 7) is 5.53. The van der Waals surface area contributed by atoms with E-state index in [1.807, 2.05) is 0 Å². The van der Waals surface area contributed by atoms with E-state index < -0.39 is 5.60 Å². The zero-order chi connectivity index (χ0) is 12.7. The number of nitrogens with one attached hydrogen (secondary N) is 1. The Morgan fingerprint density at radius 3 is 2.71 bits per heavy atom. The van der Waals surface area contributed by atoms with Gasteiger partial charge in [0, 0.05) is 12.4 Å². The van der Waals surface area contributed by atoms with Crippen molar-refractivity contribution in [2.75, 3.05) is 20.2 Å². The highest BCUT2D eigenvalue weighted by molar-refractivity contribution is 5.23. The third-order valence-electron chi connectivity index (χ3n) is 2.58. The molecule has 0 spiro atoms. The molecular formula is C12H21N3O2. The van der Waals surface area contributed by atoms with Crippen molar-refractivity contribution in [3.63, 3.8) is 0 Å². The summed E-state index contributed by atoms with van der Waals surface area (Å²) < 4.78 is 5.11. The van der Waals surface area contributed by atoms with Crippen molar-refractivity contribution in [2.45, 2.75) is 32.3 Å². The molecule has 1 rings (SSSR count). The standard InChI is InChI=1S/C12H21N3O2/c1-4-6-13-7-5-12(2,16)10-11(17-3)15-9-8-14-10/h8-9,13,16H,4-7H2,1-3H3.